The maximum absolute atomic E-state index is 5.46. The van der Waals surface area contributed by atoms with E-state index in [4.69, 9.17) is 14.2 Å². The maximum atomic E-state index is 5.46. The lowest BCUT2D eigenvalue weighted by molar-refractivity contribution is 0.0157. The molecule has 5 heteroatoms. The largest absolute Gasteiger partial charge is 0.386 e. The lowest BCUT2D eigenvalue weighted by Crippen LogP contribution is -2.27. The molecule has 0 rings (SSSR count). The highest BCUT2D eigenvalue weighted by Gasteiger charge is 1.98. The van der Waals surface area contributed by atoms with Crippen molar-refractivity contribution < 1.29 is 14.2 Å². The number of allylic oxidation sites excluding steroid dienone is 1. The van der Waals surface area contributed by atoms with Crippen LogP contribution in [0.2, 0.25) is 0 Å². The highest BCUT2D eigenvalue weighted by atomic mass is 16.5. The summed E-state index contributed by atoms with van der Waals surface area (Å²) in [5.74, 6) is 0.462. The zero-order chi connectivity index (χ0) is 15.9. The molecule has 0 saturated heterocycles. The van der Waals surface area contributed by atoms with E-state index in [9.17, 15) is 0 Å². The van der Waals surface area contributed by atoms with Crippen molar-refractivity contribution >= 4 is 0 Å². The van der Waals surface area contributed by atoms with E-state index in [2.05, 4.69) is 44.9 Å². The van der Waals surface area contributed by atoms with Crippen LogP contribution in [0.3, 0.4) is 0 Å². The number of hydrogen-bond donors (Lipinski definition) is 2. The molecule has 0 spiro atoms. The predicted molar refractivity (Wildman–Crippen MR) is 87.6 cm³/mol. The summed E-state index contributed by atoms with van der Waals surface area (Å²) in [6.45, 7) is 18.0. The van der Waals surface area contributed by atoms with Gasteiger partial charge in [0.25, 0.3) is 0 Å². The lowest BCUT2D eigenvalue weighted by atomic mass is 10.1. The Kier molecular flexibility index (Phi) is 13.9. The first-order valence-electron chi connectivity index (χ1n) is 7.93. The Balaban J connectivity index is 3.08. The zero-order valence-corrected chi connectivity index (χ0v) is 14.2. The molecule has 5 nitrogen and oxygen atoms in total. The van der Waals surface area contributed by atoms with Crippen LogP contribution >= 0.6 is 0 Å². The SMILES string of the molecule is C=C(NCCOCCOCCOCCNC(C)C)C(C)C. The number of hydrogen-bond acceptors (Lipinski definition) is 5. The molecule has 0 atom stereocenters. The molecule has 0 saturated carbocycles. The molecule has 0 bridgehead atoms. The Morgan fingerprint density at radius 3 is 1.76 bits per heavy atom. The van der Waals surface area contributed by atoms with Gasteiger partial charge < -0.3 is 24.8 Å². The first kappa shape index (κ1) is 20.4. The summed E-state index contributed by atoms with van der Waals surface area (Å²) < 4.78 is 16.3. The van der Waals surface area contributed by atoms with Crippen LogP contribution in [0.15, 0.2) is 12.3 Å². The van der Waals surface area contributed by atoms with E-state index in [-0.39, 0.29) is 0 Å². The van der Waals surface area contributed by atoms with Gasteiger partial charge in [0.05, 0.1) is 39.6 Å². The minimum atomic E-state index is 0.462. The third kappa shape index (κ3) is 15.6. The van der Waals surface area contributed by atoms with Crippen molar-refractivity contribution in [3.8, 4) is 0 Å². The van der Waals surface area contributed by atoms with Gasteiger partial charge in [-0.05, 0) is 5.92 Å². The van der Waals surface area contributed by atoms with Crippen molar-refractivity contribution in [2.75, 3.05) is 52.7 Å². The quantitative estimate of drug-likeness (QED) is 0.452. The molecule has 126 valence electrons. The predicted octanol–water partition coefficient (Wildman–Crippen LogP) is 1.79. The molecular weight excluding hydrogens is 268 g/mol. The molecule has 0 aliphatic carbocycles. The molecule has 0 radical (unpaired) electrons. The molecule has 0 heterocycles. The molecule has 0 unspecified atom stereocenters. The molecule has 0 aliphatic rings. The Morgan fingerprint density at radius 1 is 0.810 bits per heavy atom. The van der Waals surface area contributed by atoms with Gasteiger partial charge in [0.1, 0.15) is 0 Å². The van der Waals surface area contributed by atoms with Crippen molar-refractivity contribution in [1.29, 1.82) is 0 Å². The molecule has 0 amide bonds. The Bertz CT molecular complexity index is 246. The number of rotatable bonds is 15. The number of ether oxygens (including phenoxy) is 3. The average Bonchev–Trinajstić information content (AvgIpc) is 2.43. The van der Waals surface area contributed by atoms with Gasteiger partial charge in [-0.25, -0.2) is 0 Å². The summed E-state index contributed by atoms with van der Waals surface area (Å²) in [6.07, 6.45) is 0. The minimum Gasteiger partial charge on any atom is -0.386 e. The molecular formula is C16H34N2O3. The topological polar surface area (TPSA) is 51.8 Å². The van der Waals surface area contributed by atoms with Crippen molar-refractivity contribution in [3.05, 3.63) is 12.3 Å². The summed E-state index contributed by atoms with van der Waals surface area (Å²) in [7, 11) is 0. The van der Waals surface area contributed by atoms with Crippen LogP contribution in [-0.4, -0.2) is 58.8 Å². The van der Waals surface area contributed by atoms with Crippen LogP contribution in [-0.2, 0) is 14.2 Å². The summed E-state index contributed by atoms with van der Waals surface area (Å²) in [6, 6.07) is 0.509. The van der Waals surface area contributed by atoms with E-state index in [1.807, 2.05) is 0 Å². The van der Waals surface area contributed by atoms with Gasteiger partial charge in [0.2, 0.25) is 0 Å². The van der Waals surface area contributed by atoms with E-state index in [1.165, 1.54) is 0 Å². The minimum absolute atomic E-state index is 0.462. The Hall–Kier alpha value is -0.620. The van der Waals surface area contributed by atoms with Crippen LogP contribution in [0.4, 0.5) is 0 Å². The summed E-state index contributed by atoms with van der Waals surface area (Å²) >= 11 is 0. The van der Waals surface area contributed by atoms with Crippen LogP contribution in [0.1, 0.15) is 27.7 Å². The fraction of sp³-hybridized carbons (Fsp3) is 0.875. The van der Waals surface area contributed by atoms with Gasteiger partial charge in [0, 0.05) is 24.8 Å². The fourth-order valence-corrected chi connectivity index (χ4v) is 1.45. The van der Waals surface area contributed by atoms with E-state index >= 15 is 0 Å². The highest BCUT2D eigenvalue weighted by Crippen LogP contribution is 2.00. The van der Waals surface area contributed by atoms with Gasteiger partial charge in [0.15, 0.2) is 0 Å². The molecule has 0 aromatic rings. The van der Waals surface area contributed by atoms with Gasteiger partial charge in [-0.2, -0.15) is 0 Å². The smallest absolute Gasteiger partial charge is 0.0701 e. The molecule has 0 aromatic carbocycles. The molecule has 0 aliphatic heterocycles. The van der Waals surface area contributed by atoms with Crippen molar-refractivity contribution in [2.24, 2.45) is 5.92 Å². The monoisotopic (exact) mass is 302 g/mol. The van der Waals surface area contributed by atoms with Crippen LogP contribution in [0.5, 0.6) is 0 Å². The third-order valence-electron chi connectivity index (χ3n) is 2.84. The summed E-state index contributed by atoms with van der Waals surface area (Å²) in [4.78, 5) is 0. The Labute approximate surface area is 130 Å². The highest BCUT2D eigenvalue weighted by molar-refractivity contribution is 4.93. The Morgan fingerprint density at radius 2 is 1.29 bits per heavy atom. The second-order valence-corrected chi connectivity index (χ2v) is 5.55. The molecule has 0 fully saturated rings. The summed E-state index contributed by atoms with van der Waals surface area (Å²) in [5.41, 5.74) is 1.05. The number of nitrogens with one attached hydrogen (secondary N) is 2. The second kappa shape index (κ2) is 14.3. The van der Waals surface area contributed by atoms with Crippen LogP contribution < -0.4 is 10.6 Å². The van der Waals surface area contributed by atoms with E-state index in [0.717, 1.165) is 25.4 Å². The van der Waals surface area contributed by atoms with Crippen molar-refractivity contribution in [3.63, 3.8) is 0 Å². The molecule has 0 aromatic heterocycles. The normalized spacial score (nSPS) is 11.3. The summed E-state index contributed by atoms with van der Waals surface area (Å²) in [5, 5.41) is 6.53. The average molecular weight is 302 g/mol. The van der Waals surface area contributed by atoms with Gasteiger partial charge in [-0.15, -0.1) is 0 Å². The fourth-order valence-electron chi connectivity index (χ4n) is 1.45. The molecule has 2 N–H and O–H groups in total. The van der Waals surface area contributed by atoms with E-state index in [0.29, 0.717) is 45.0 Å². The van der Waals surface area contributed by atoms with Crippen molar-refractivity contribution in [2.45, 2.75) is 33.7 Å². The first-order chi connectivity index (χ1) is 10.0. The van der Waals surface area contributed by atoms with Crippen molar-refractivity contribution in [1.82, 2.24) is 10.6 Å². The maximum Gasteiger partial charge on any atom is 0.0701 e. The van der Waals surface area contributed by atoms with Crippen LogP contribution in [0, 0.1) is 5.92 Å². The second-order valence-electron chi connectivity index (χ2n) is 5.55. The van der Waals surface area contributed by atoms with Gasteiger partial charge in [-0.1, -0.05) is 34.3 Å². The van der Waals surface area contributed by atoms with E-state index in [1.54, 1.807) is 0 Å². The van der Waals surface area contributed by atoms with Gasteiger partial charge >= 0.3 is 0 Å². The van der Waals surface area contributed by atoms with E-state index < -0.39 is 0 Å². The standard InChI is InChI=1S/C16H34N2O3/c1-14(2)16(5)18-7-9-20-11-13-21-12-10-19-8-6-17-15(3)4/h14-15,17-18H,5-13H2,1-4H3. The van der Waals surface area contributed by atoms with Gasteiger partial charge in [-0.3, -0.25) is 0 Å². The third-order valence-corrected chi connectivity index (χ3v) is 2.84. The first-order valence-corrected chi connectivity index (χ1v) is 7.93. The van der Waals surface area contributed by atoms with Crippen LogP contribution in [0.25, 0.3) is 0 Å². The lowest BCUT2D eigenvalue weighted by Gasteiger charge is -2.12. The zero-order valence-electron chi connectivity index (χ0n) is 14.2. The molecule has 21 heavy (non-hydrogen) atoms.